The van der Waals surface area contributed by atoms with Gasteiger partial charge in [0.1, 0.15) is 5.75 Å². The Labute approximate surface area is 121 Å². The van der Waals surface area contributed by atoms with E-state index in [2.05, 4.69) is 12.2 Å². The number of urea groups is 1. The number of nitrogens with zero attached hydrogens (tertiary/aromatic N) is 1. The molecule has 1 atom stereocenters. The maximum Gasteiger partial charge on any atom is 0.317 e. The van der Waals surface area contributed by atoms with Crippen LogP contribution in [0, 0.1) is 0 Å². The number of ether oxygens (including phenoxy) is 1. The zero-order valence-corrected chi connectivity index (χ0v) is 12.4. The van der Waals surface area contributed by atoms with Gasteiger partial charge in [-0.2, -0.15) is 0 Å². The predicted molar refractivity (Wildman–Crippen MR) is 80.1 cm³/mol. The van der Waals surface area contributed by atoms with Gasteiger partial charge in [0, 0.05) is 19.1 Å². The summed E-state index contributed by atoms with van der Waals surface area (Å²) in [5.74, 6) is 0.861. The van der Waals surface area contributed by atoms with Crippen LogP contribution < -0.4 is 10.1 Å². The molecule has 1 N–H and O–H groups in total. The topological polar surface area (TPSA) is 41.6 Å². The highest BCUT2D eigenvalue weighted by Crippen LogP contribution is 2.16. The van der Waals surface area contributed by atoms with E-state index >= 15 is 0 Å². The Kier molecular flexibility index (Phi) is 5.27. The lowest BCUT2D eigenvalue weighted by atomic mass is 10.0. The Morgan fingerprint density at radius 2 is 2.10 bits per heavy atom. The maximum atomic E-state index is 12.1. The molecule has 1 aliphatic heterocycles. The molecule has 0 aliphatic carbocycles. The van der Waals surface area contributed by atoms with E-state index in [1.807, 2.05) is 29.2 Å². The first-order chi connectivity index (χ1) is 9.70. The summed E-state index contributed by atoms with van der Waals surface area (Å²) in [6.45, 7) is 3.69. The lowest BCUT2D eigenvalue weighted by molar-refractivity contribution is 0.158. The van der Waals surface area contributed by atoms with E-state index in [0.29, 0.717) is 12.6 Å². The van der Waals surface area contributed by atoms with Crippen LogP contribution in [-0.4, -0.2) is 37.2 Å². The molecule has 0 radical (unpaired) electrons. The first-order valence-corrected chi connectivity index (χ1v) is 7.38. The molecular weight excluding hydrogens is 252 g/mol. The number of carbonyl (C=O) groups excluding carboxylic acids is 1. The van der Waals surface area contributed by atoms with Crippen molar-refractivity contribution in [3.8, 4) is 5.75 Å². The standard InChI is InChI=1S/C16H24N2O2/c1-13-5-3-4-12-18(13)16(19)17-11-10-14-6-8-15(20-2)9-7-14/h6-9,13H,3-5,10-12H2,1-2H3,(H,17,19). The Hall–Kier alpha value is -1.71. The lowest BCUT2D eigenvalue weighted by Gasteiger charge is -2.33. The molecule has 4 heteroatoms. The van der Waals surface area contributed by atoms with Gasteiger partial charge in [0.15, 0.2) is 0 Å². The van der Waals surface area contributed by atoms with Crippen molar-refractivity contribution in [1.82, 2.24) is 10.2 Å². The quantitative estimate of drug-likeness (QED) is 0.918. The van der Waals surface area contributed by atoms with Crippen molar-refractivity contribution in [3.05, 3.63) is 29.8 Å². The van der Waals surface area contributed by atoms with Crippen LogP contribution in [0.3, 0.4) is 0 Å². The molecule has 1 aliphatic rings. The Bertz CT molecular complexity index is 431. The van der Waals surface area contributed by atoms with Gasteiger partial charge in [0.25, 0.3) is 0 Å². The minimum absolute atomic E-state index is 0.0747. The van der Waals surface area contributed by atoms with Gasteiger partial charge in [-0.25, -0.2) is 4.79 Å². The van der Waals surface area contributed by atoms with Crippen molar-refractivity contribution in [3.63, 3.8) is 0 Å². The minimum Gasteiger partial charge on any atom is -0.497 e. The average Bonchev–Trinajstić information content (AvgIpc) is 2.48. The third-order valence-corrected chi connectivity index (χ3v) is 3.91. The summed E-state index contributed by atoms with van der Waals surface area (Å²) in [6.07, 6.45) is 4.32. The number of piperidine rings is 1. The molecule has 1 aromatic rings. The number of likely N-dealkylation sites (tertiary alicyclic amines) is 1. The largest absolute Gasteiger partial charge is 0.497 e. The van der Waals surface area contributed by atoms with Crippen molar-refractivity contribution in [1.29, 1.82) is 0 Å². The number of hydrogen-bond acceptors (Lipinski definition) is 2. The van der Waals surface area contributed by atoms with Crippen LogP contribution in [0.15, 0.2) is 24.3 Å². The van der Waals surface area contributed by atoms with Crippen LogP contribution in [0.1, 0.15) is 31.7 Å². The number of carbonyl (C=O) groups is 1. The minimum atomic E-state index is 0.0747. The smallest absolute Gasteiger partial charge is 0.317 e. The van der Waals surface area contributed by atoms with E-state index in [1.54, 1.807) is 7.11 Å². The Morgan fingerprint density at radius 3 is 2.75 bits per heavy atom. The van der Waals surface area contributed by atoms with E-state index in [0.717, 1.165) is 31.6 Å². The third-order valence-electron chi connectivity index (χ3n) is 3.91. The number of hydrogen-bond donors (Lipinski definition) is 1. The van der Waals surface area contributed by atoms with E-state index in [-0.39, 0.29) is 6.03 Å². The highest BCUT2D eigenvalue weighted by molar-refractivity contribution is 5.74. The molecule has 1 aromatic carbocycles. The number of methoxy groups -OCH3 is 1. The second kappa shape index (κ2) is 7.17. The summed E-state index contributed by atoms with van der Waals surface area (Å²) in [6, 6.07) is 8.41. The number of nitrogens with one attached hydrogen (secondary N) is 1. The summed E-state index contributed by atoms with van der Waals surface area (Å²) < 4.78 is 5.13. The van der Waals surface area contributed by atoms with Crippen molar-refractivity contribution < 1.29 is 9.53 Å². The molecule has 2 rings (SSSR count). The molecule has 0 bridgehead atoms. The molecule has 0 saturated carbocycles. The van der Waals surface area contributed by atoms with Gasteiger partial charge in [0.05, 0.1) is 7.11 Å². The molecule has 1 unspecified atom stereocenters. The monoisotopic (exact) mass is 276 g/mol. The van der Waals surface area contributed by atoms with Crippen LogP contribution in [-0.2, 0) is 6.42 Å². The van der Waals surface area contributed by atoms with Crippen LogP contribution in [0.25, 0.3) is 0 Å². The molecule has 2 amide bonds. The summed E-state index contributed by atoms with van der Waals surface area (Å²) in [5.41, 5.74) is 1.21. The van der Waals surface area contributed by atoms with Crippen LogP contribution in [0.4, 0.5) is 4.79 Å². The summed E-state index contributed by atoms with van der Waals surface area (Å²) in [4.78, 5) is 14.0. The normalized spacial score (nSPS) is 18.7. The fourth-order valence-corrected chi connectivity index (χ4v) is 2.61. The van der Waals surface area contributed by atoms with E-state index < -0.39 is 0 Å². The molecule has 1 fully saturated rings. The summed E-state index contributed by atoms with van der Waals surface area (Å²) >= 11 is 0. The zero-order chi connectivity index (χ0) is 14.4. The highest BCUT2D eigenvalue weighted by Gasteiger charge is 2.22. The molecule has 1 saturated heterocycles. The molecule has 110 valence electrons. The van der Waals surface area contributed by atoms with Crippen molar-refractivity contribution >= 4 is 6.03 Å². The molecule has 0 aromatic heterocycles. The van der Waals surface area contributed by atoms with E-state index in [4.69, 9.17) is 4.74 Å². The molecule has 20 heavy (non-hydrogen) atoms. The Balaban J connectivity index is 1.75. The summed E-state index contributed by atoms with van der Waals surface area (Å²) in [5, 5.41) is 3.02. The van der Waals surface area contributed by atoms with E-state index in [9.17, 15) is 4.79 Å². The van der Waals surface area contributed by atoms with Crippen LogP contribution in [0.2, 0.25) is 0 Å². The maximum absolute atomic E-state index is 12.1. The van der Waals surface area contributed by atoms with Crippen molar-refractivity contribution in [2.24, 2.45) is 0 Å². The van der Waals surface area contributed by atoms with Gasteiger partial charge < -0.3 is 15.0 Å². The average molecular weight is 276 g/mol. The van der Waals surface area contributed by atoms with Crippen molar-refractivity contribution in [2.75, 3.05) is 20.2 Å². The van der Waals surface area contributed by atoms with Crippen LogP contribution in [0.5, 0.6) is 5.75 Å². The van der Waals surface area contributed by atoms with Crippen molar-refractivity contribution in [2.45, 2.75) is 38.6 Å². The SMILES string of the molecule is COc1ccc(CCNC(=O)N2CCCCC2C)cc1. The second-order valence-corrected chi connectivity index (χ2v) is 5.37. The first-order valence-electron chi connectivity index (χ1n) is 7.38. The van der Waals surface area contributed by atoms with Gasteiger partial charge in [-0.3, -0.25) is 0 Å². The lowest BCUT2D eigenvalue weighted by Crippen LogP contribution is -2.47. The van der Waals surface area contributed by atoms with Gasteiger partial charge in [0.2, 0.25) is 0 Å². The molecule has 1 heterocycles. The summed E-state index contributed by atoms with van der Waals surface area (Å²) in [7, 11) is 1.66. The van der Waals surface area contributed by atoms with Gasteiger partial charge >= 0.3 is 6.03 Å². The molecular formula is C16H24N2O2. The fourth-order valence-electron chi connectivity index (χ4n) is 2.61. The first kappa shape index (κ1) is 14.7. The second-order valence-electron chi connectivity index (χ2n) is 5.37. The van der Waals surface area contributed by atoms with Gasteiger partial charge in [-0.1, -0.05) is 12.1 Å². The van der Waals surface area contributed by atoms with Crippen LogP contribution >= 0.6 is 0 Å². The molecule has 4 nitrogen and oxygen atoms in total. The van der Waals surface area contributed by atoms with Gasteiger partial charge in [-0.15, -0.1) is 0 Å². The van der Waals surface area contributed by atoms with E-state index in [1.165, 1.54) is 12.0 Å². The predicted octanol–water partition coefficient (Wildman–Crippen LogP) is 2.82. The number of amides is 2. The Morgan fingerprint density at radius 1 is 1.35 bits per heavy atom. The number of benzene rings is 1. The zero-order valence-electron chi connectivity index (χ0n) is 12.4. The fraction of sp³-hybridized carbons (Fsp3) is 0.562. The number of rotatable bonds is 4. The third kappa shape index (κ3) is 3.89. The van der Waals surface area contributed by atoms with Gasteiger partial charge in [-0.05, 0) is 50.3 Å². The highest BCUT2D eigenvalue weighted by atomic mass is 16.5. The molecule has 0 spiro atoms.